The molecule has 9 heteroatoms. The molecular weight excluding hydrogens is 398 g/mol. The second-order valence-corrected chi connectivity index (χ2v) is 7.64. The number of carbonyl (C=O) groups excluding carboxylic acids is 1. The van der Waals surface area contributed by atoms with Gasteiger partial charge in [0.15, 0.2) is 0 Å². The standard InChI is InChI=1S/C22H27N5O4/c1-30-11-10-27-21(28)8-7-20(25-27)26-9-3-4-16(14-26)23-22(29)19-13-15-12-17(31-2)5-6-18(15)24-19/h5-8,12-13,16,24H,3-4,9-11,14H2,1-2H3,(H,23,29). The minimum Gasteiger partial charge on any atom is -0.497 e. The average Bonchev–Trinajstić information content (AvgIpc) is 3.22. The minimum atomic E-state index is -0.155. The van der Waals surface area contributed by atoms with E-state index in [1.807, 2.05) is 24.3 Å². The molecule has 1 aromatic carbocycles. The zero-order valence-electron chi connectivity index (χ0n) is 17.8. The first-order valence-corrected chi connectivity index (χ1v) is 10.4. The summed E-state index contributed by atoms with van der Waals surface area (Å²) in [4.78, 5) is 30.1. The van der Waals surface area contributed by atoms with Gasteiger partial charge in [0.05, 0.1) is 20.3 Å². The molecule has 31 heavy (non-hydrogen) atoms. The van der Waals surface area contributed by atoms with Gasteiger partial charge in [0, 0.05) is 43.2 Å². The van der Waals surface area contributed by atoms with Crippen molar-refractivity contribution in [2.24, 2.45) is 0 Å². The van der Waals surface area contributed by atoms with Crippen molar-refractivity contribution in [3.63, 3.8) is 0 Å². The van der Waals surface area contributed by atoms with E-state index in [9.17, 15) is 9.59 Å². The number of amides is 1. The average molecular weight is 425 g/mol. The molecule has 0 aliphatic carbocycles. The fraction of sp³-hybridized carbons (Fsp3) is 0.409. The number of methoxy groups -OCH3 is 2. The molecule has 0 radical (unpaired) electrons. The number of piperidine rings is 1. The van der Waals surface area contributed by atoms with Gasteiger partial charge in [0.1, 0.15) is 17.3 Å². The first kappa shape index (κ1) is 20.9. The Morgan fingerprint density at radius 1 is 1.26 bits per heavy atom. The van der Waals surface area contributed by atoms with E-state index in [2.05, 4.69) is 20.3 Å². The summed E-state index contributed by atoms with van der Waals surface area (Å²) in [7, 11) is 3.21. The normalized spacial score (nSPS) is 16.5. The molecule has 3 aromatic rings. The van der Waals surface area contributed by atoms with Crippen molar-refractivity contribution in [3.8, 4) is 5.75 Å². The summed E-state index contributed by atoms with van der Waals surface area (Å²) in [5.41, 5.74) is 1.25. The highest BCUT2D eigenvalue weighted by Gasteiger charge is 2.24. The first-order chi connectivity index (χ1) is 15.1. The molecule has 0 saturated carbocycles. The zero-order chi connectivity index (χ0) is 21.8. The number of aromatic amines is 1. The molecule has 2 aromatic heterocycles. The lowest BCUT2D eigenvalue weighted by Crippen LogP contribution is -2.48. The second kappa shape index (κ2) is 9.22. The lowest BCUT2D eigenvalue weighted by Gasteiger charge is -2.33. The van der Waals surface area contributed by atoms with Crippen LogP contribution in [0.1, 0.15) is 23.3 Å². The van der Waals surface area contributed by atoms with Crippen LogP contribution in [0, 0.1) is 0 Å². The van der Waals surface area contributed by atoms with Crippen LogP contribution in [-0.4, -0.2) is 60.6 Å². The number of anilines is 1. The number of ether oxygens (including phenoxy) is 2. The van der Waals surface area contributed by atoms with Crippen molar-refractivity contribution in [2.75, 3.05) is 38.8 Å². The Kier molecular flexibility index (Phi) is 6.22. The summed E-state index contributed by atoms with van der Waals surface area (Å²) in [6.07, 6.45) is 1.81. The highest BCUT2D eigenvalue weighted by Crippen LogP contribution is 2.22. The fourth-order valence-corrected chi connectivity index (χ4v) is 3.87. The van der Waals surface area contributed by atoms with Gasteiger partial charge in [-0.05, 0) is 43.2 Å². The highest BCUT2D eigenvalue weighted by atomic mass is 16.5. The number of fused-ring (bicyclic) bond motifs is 1. The number of nitrogens with one attached hydrogen (secondary N) is 2. The third kappa shape index (κ3) is 4.72. The first-order valence-electron chi connectivity index (χ1n) is 10.4. The molecule has 1 amide bonds. The number of rotatable bonds is 7. The van der Waals surface area contributed by atoms with Crippen LogP contribution < -0.4 is 20.5 Å². The van der Waals surface area contributed by atoms with E-state index in [0.29, 0.717) is 25.4 Å². The summed E-state index contributed by atoms with van der Waals surface area (Å²) in [6.45, 7) is 2.29. The Labute approximate surface area is 180 Å². The quantitative estimate of drug-likeness (QED) is 0.598. The van der Waals surface area contributed by atoms with Crippen molar-refractivity contribution >= 4 is 22.6 Å². The molecule has 1 atom stereocenters. The second-order valence-electron chi connectivity index (χ2n) is 7.64. The summed E-state index contributed by atoms with van der Waals surface area (Å²) < 4.78 is 11.7. The number of hydrogen-bond donors (Lipinski definition) is 2. The Morgan fingerprint density at radius 3 is 2.94 bits per heavy atom. The number of nitrogens with zero attached hydrogens (tertiary/aromatic N) is 3. The van der Waals surface area contributed by atoms with Crippen LogP contribution in [0.25, 0.3) is 10.9 Å². The predicted molar refractivity (Wildman–Crippen MR) is 118 cm³/mol. The van der Waals surface area contributed by atoms with Gasteiger partial charge in [-0.3, -0.25) is 9.59 Å². The van der Waals surface area contributed by atoms with Crippen LogP contribution in [0.5, 0.6) is 5.75 Å². The van der Waals surface area contributed by atoms with Crippen molar-refractivity contribution in [3.05, 3.63) is 52.4 Å². The molecule has 1 saturated heterocycles. The molecule has 0 spiro atoms. The van der Waals surface area contributed by atoms with Gasteiger partial charge in [0.2, 0.25) is 0 Å². The van der Waals surface area contributed by atoms with Crippen molar-refractivity contribution < 1.29 is 14.3 Å². The van der Waals surface area contributed by atoms with E-state index >= 15 is 0 Å². The maximum Gasteiger partial charge on any atom is 0.268 e. The molecule has 4 rings (SSSR count). The minimum absolute atomic E-state index is 0.0108. The number of aromatic nitrogens is 3. The highest BCUT2D eigenvalue weighted by molar-refractivity contribution is 5.98. The molecule has 164 valence electrons. The molecular formula is C22H27N5O4. The van der Waals surface area contributed by atoms with Crippen LogP contribution in [0.2, 0.25) is 0 Å². The summed E-state index contributed by atoms with van der Waals surface area (Å²) >= 11 is 0. The van der Waals surface area contributed by atoms with E-state index in [1.54, 1.807) is 20.3 Å². The lowest BCUT2D eigenvalue weighted by atomic mass is 10.1. The van der Waals surface area contributed by atoms with Gasteiger partial charge in [0.25, 0.3) is 11.5 Å². The molecule has 3 heterocycles. The van der Waals surface area contributed by atoms with Gasteiger partial charge < -0.3 is 24.7 Å². The van der Waals surface area contributed by atoms with Crippen LogP contribution in [0.3, 0.4) is 0 Å². The summed E-state index contributed by atoms with van der Waals surface area (Å²) in [5.74, 6) is 1.34. The van der Waals surface area contributed by atoms with Gasteiger partial charge in [-0.15, -0.1) is 0 Å². The van der Waals surface area contributed by atoms with Gasteiger partial charge in [-0.2, -0.15) is 5.10 Å². The SMILES string of the molecule is COCCn1nc(N2CCCC(NC(=O)c3cc4cc(OC)ccc4[nH]3)C2)ccc1=O. The largest absolute Gasteiger partial charge is 0.497 e. The van der Waals surface area contributed by atoms with E-state index in [4.69, 9.17) is 9.47 Å². The third-order valence-electron chi connectivity index (χ3n) is 5.51. The van der Waals surface area contributed by atoms with Crippen LogP contribution in [0.4, 0.5) is 5.82 Å². The molecule has 2 N–H and O–H groups in total. The van der Waals surface area contributed by atoms with E-state index in [-0.39, 0.29) is 17.5 Å². The monoisotopic (exact) mass is 425 g/mol. The van der Waals surface area contributed by atoms with Gasteiger partial charge in [-0.1, -0.05) is 0 Å². The third-order valence-corrected chi connectivity index (χ3v) is 5.51. The van der Waals surface area contributed by atoms with E-state index in [1.165, 1.54) is 10.7 Å². The molecule has 1 unspecified atom stereocenters. The predicted octanol–water partition coefficient (Wildman–Crippen LogP) is 1.78. The molecule has 0 bridgehead atoms. The number of carbonyl (C=O) groups is 1. The number of H-pyrrole nitrogens is 1. The van der Waals surface area contributed by atoms with Crippen LogP contribution >= 0.6 is 0 Å². The van der Waals surface area contributed by atoms with E-state index < -0.39 is 0 Å². The number of benzene rings is 1. The van der Waals surface area contributed by atoms with Crippen LogP contribution in [-0.2, 0) is 11.3 Å². The smallest absolute Gasteiger partial charge is 0.268 e. The Morgan fingerprint density at radius 2 is 2.13 bits per heavy atom. The maximum atomic E-state index is 12.8. The van der Waals surface area contributed by atoms with E-state index in [0.717, 1.165) is 41.9 Å². The van der Waals surface area contributed by atoms with Gasteiger partial charge in [-0.25, -0.2) is 4.68 Å². The topological polar surface area (TPSA) is 101 Å². The Balaban J connectivity index is 1.44. The van der Waals surface area contributed by atoms with Gasteiger partial charge >= 0.3 is 0 Å². The Hall–Kier alpha value is -3.33. The maximum absolute atomic E-state index is 12.8. The molecule has 1 aliphatic rings. The molecule has 9 nitrogen and oxygen atoms in total. The lowest BCUT2D eigenvalue weighted by molar-refractivity contribution is 0.0929. The summed E-state index contributed by atoms with van der Waals surface area (Å²) in [5, 5.41) is 8.52. The molecule has 1 aliphatic heterocycles. The van der Waals surface area contributed by atoms with Crippen molar-refractivity contribution in [1.29, 1.82) is 0 Å². The van der Waals surface area contributed by atoms with Crippen molar-refractivity contribution in [1.82, 2.24) is 20.1 Å². The summed E-state index contributed by atoms with van der Waals surface area (Å²) in [6, 6.07) is 10.7. The van der Waals surface area contributed by atoms with Crippen LogP contribution in [0.15, 0.2) is 41.2 Å². The number of hydrogen-bond acceptors (Lipinski definition) is 6. The zero-order valence-corrected chi connectivity index (χ0v) is 17.8. The molecule has 1 fully saturated rings. The van der Waals surface area contributed by atoms with Crippen molar-refractivity contribution in [2.45, 2.75) is 25.4 Å². The fourth-order valence-electron chi connectivity index (χ4n) is 3.87. The Bertz CT molecular complexity index is 1120.